The average molecular weight is 406 g/mol. The Balaban J connectivity index is 1.68. The summed E-state index contributed by atoms with van der Waals surface area (Å²) in [6.07, 6.45) is 0. The highest BCUT2D eigenvalue weighted by Crippen LogP contribution is 2.57. The Morgan fingerprint density at radius 1 is 0.438 bits per heavy atom. The van der Waals surface area contributed by atoms with E-state index >= 15 is 0 Å². The van der Waals surface area contributed by atoms with Crippen LogP contribution in [0.25, 0.3) is 43.8 Å². The largest absolute Gasteiger partial charge is 0.289 e. The van der Waals surface area contributed by atoms with Gasteiger partial charge in [0.25, 0.3) is 0 Å². The summed E-state index contributed by atoms with van der Waals surface area (Å²) in [7, 11) is 0. The van der Waals surface area contributed by atoms with Gasteiger partial charge in [0.2, 0.25) is 0 Å². The van der Waals surface area contributed by atoms with Crippen molar-refractivity contribution >= 4 is 49.6 Å². The fourth-order valence-electron chi connectivity index (χ4n) is 5.47. The number of Topliss-reactive ketones (excluding diaryl/α,β-unsaturated/α-hetero) is 1. The first-order valence-corrected chi connectivity index (χ1v) is 10.9. The number of carbonyl (C=O) groups excluding carboxylic acids is 1. The Hall–Kier alpha value is -4.23. The first kappa shape index (κ1) is 17.5. The van der Waals surface area contributed by atoms with Crippen LogP contribution >= 0.6 is 0 Å². The molecule has 0 aliphatic heterocycles. The minimum absolute atomic E-state index is 0.114. The van der Waals surface area contributed by atoms with Crippen LogP contribution in [0.3, 0.4) is 0 Å². The minimum atomic E-state index is 0.114. The van der Waals surface area contributed by atoms with Crippen LogP contribution in [0.5, 0.6) is 0 Å². The van der Waals surface area contributed by atoms with E-state index in [1.807, 2.05) is 60.7 Å². The Morgan fingerprint density at radius 3 is 1.69 bits per heavy atom. The van der Waals surface area contributed by atoms with Gasteiger partial charge in [0.15, 0.2) is 5.78 Å². The molecule has 0 saturated carbocycles. The summed E-state index contributed by atoms with van der Waals surface area (Å²) in [5.74, 6) is 0.114. The molecule has 2 aliphatic rings. The predicted octanol–water partition coefficient (Wildman–Crippen LogP) is 7.41. The summed E-state index contributed by atoms with van der Waals surface area (Å²) in [6, 6.07) is 37.5. The molecular weight excluding hydrogens is 388 g/mol. The molecule has 32 heavy (non-hydrogen) atoms. The number of allylic oxidation sites excluding steroid dienone is 4. The first-order chi connectivity index (χ1) is 15.8. The minimum Gasteiger partial charge on any atom is -0.289 e. The van der Waals surface area contributed by atoms with Crippen molar-refractivity contribution in [2.24, 2.45) is 0 Å². The van der Waals surface area contributed by atoms with Crippen LogP contribution in [0.4, 0.5) is 0 Å². The van der Waals surface area contributed by atoms with Crippen LogP contribution in [0, 0.1) is 0 Å². The van der Waals surface area contributed by atoms with Gasteiger partial charge in [0.1, 0.15) is 0 Å². The number of fused-ring (bicyclic) bond motifs is 5. The molecule has 148 valence electrons. The number of rotatable bonds is 2. The highest BCUT2D eigenvalue weighted by molar-refractivity contribution is 6.61. The van der Waals surface area contributed by atoms with E-state index in [1.54, 1.807) is 0 Å². The molecule has 2 aliphatic carbocycles. The van der Waals surface area contributed by atoms with Gasteiger partial charge in [0, 0.05) is 22.3 Å². The maximum Gasteiger partial charge on any atom is 0.195 e. The summed E-state index contributed by atoms with van der Waals surface area (Å²) in [6.45, 7) is 0. The zero-order valence-corrected chi connectivity index (χ0v) is 17.3. The van der Waals surface area contributed by atoms with Gasteiger partial charge in [-0.15, -0.1) is 0 Å². The van der Waals surface area contributed by atoms with Gasteiger partial charge >= 0.3 is 0 Å². The van der Waals surface area contributed by atoms with Gasteiger partial charge in [0.05, 0.1) is 0 Å². The Morgan fingerprint density at radius 2 is 1.00 bits per heavy atom. The van der Waals surface area contributed by atoms with Crippen LogP contribution in [-0.2, 0) is 4.79 Å². The number of benzene rings is 5. The van der Waals surface area contributed by atoms with Crippen molar-refractivity contribution in [2.75, 3.05) is 0 Å². The smallest absolute Gasteiger partial charge is 0.195 e. The second kappa shape index (κ2) is 6.38. The number of hydrogen-bond acceptors (Lipinski definition) is 1. The van der Waals surface area contributed by atoms with Crippen molar-refractivity contribution in [3.63, 3.8) is 0 Å². The van der Waals surface area contributed by atoms with Gasteiger partial charge in [-0.3, -0.25) is 4.79 Å². The molecule has 0 bridgehead atoms. The normalized spacial score (nSPS) is 14.7. The topological polar surface area (TPSA) is 17.1 Å². The van der Waals surface area contributed by atoms with Crippen LogP contribution in [0.15, 0.2) is 109 Å². The molecular formula is C31H18O. The lowest BCUT2D eigenvalue weighted by Crippen LogP contribution is -2.02. The first-order valence-electron chi connectivity index (χ1n) is 10.9. The maximum atomic E-state index is 14.0. The Bertz CT molecular complexity index is 1650. The molecule has 7 rings (SSSR count). The number of carbonyl (C=O) groups is 1. The van der Waals surface area contributed by atoms with E-state index in [0.717, 1.165) is 39.0 Å². The molecule has 0 N–H and O–H groups in total. The van der Waals surface area contributed by atoms with E-state index in [1.165, 1.54) is 27.1 Å². The molecule has 5 aromatic rings. The molecule has 0 radical (unpaired) electrons. The van der Waals surface area contributed by atoms with E-state index < -0.39 is 0 Å². The number of hydrogen-bond donors (Lipinski definition) is 0. The highest BCUT2D eigenvalue weighted by Gasteiger charge is 2.40. The fraction of sp³-hybridized carbons (Fsp3) is 0. The van der Waals surface area contributed by atoms with Gasteiger partial charge in [-0.05, 0) is 49.9 Å². The molecule has 1 heteroatoms. The third-order valence-corrected chi connectivity index (χ3v) is 6.75. The summed E-state index contributed by atoms with van der Waals surface area (Å²) in [5, 5.41) is 4.96. The number of ketones is 1. The molecule has 0 unspecified atom stereocenters. The van der Waals surface area contributed by atoms with E-state index in [-0.39, 0.29) is 5.78 Å². The standard InChI is InChI=1S/C31H18O/c32-31-26(19-10-3-1-4-11-19)29-24-17-9-16-23-22-15-8-7-14-21(22)18-25(28(23)24)30(29)27(31)20-12-5-2-6-13-20/h1-18H. The molecule has 0 fully saturated rings. The quantitative estimate of drug-likeness (QED) is 0.279. The molecule has 5 aromatic carbocycles. The molecule has 0 heterocycles. The van der Waals surface area contributed by atoms with E-state index in [9.17, 15) is 4.79 Å². The Labute approximate surface area is 186 Å². The third-order valence-electron chi connectivity index (χ3n) is 6.75. The van der Waals surface area contributed by atoms with Gasteiger partial charge in [-0.2, -0.15) is 0 Å². The van der Waals surface area contributed by atoms with Crippen LogP contribution in [0.2, 0.25) is 0 Å². The molecule has 0 spiro atoms. The summed E-state index contributed by atoms with van der Waals surface area (Å²) >= 11 is 0. The summed E-state index contributed by atoms with van der Waals surface area (Å²) < 4.78 is 0. The van der Waals surface area contributed by atoms with Crippen LogP contribution < -0.4 is 0 Å². The van der Waals surface area contributed by atoms with E-state index in [2.05, 4.69) is 48.5 Å². The second-order valence-corrected chi connectivity index (χ2v) is 8.43. The lowest BCUT2D eigenvalue weighted by Gasteiger charge is -2.11. The van der Waals surface area contributed by atoms with Crippen molar-refractivity contribution in [1.82, 2.24) is 0 Å². The zero-order chi connectivity index (χ0) is 21.2. The monoisotopic (exact) mass is 406 g/mol. The van der Waals surface area contributed by atoms with Gasteiger partial charge in [-0.25, -0.2) is 0 Å². The average Bonchev–Trinajstić information content (AvgIpc) is 3.33. The predicted molar refractivity (Wildman–Crippen MR) is 133 cm³/mol. The van der Waals surface area contributed by atoms with E-state index in [0.29, 0.717) is 0 Å². The summed E-state index contributed by atoms with van der Waals surface area (Å²) in [4.78, 5) is 14.0. The fourth-order valence-corrected chi connectivity index (χ4v) is 5.47. The SMILES string of the molecule is O=C1C(c2ccccc2)=C2C(=C1c1ccccc1)c1cc3ccccc3c3cccc2c13. The van der Waals surface area contributed by atoms with Crippen LogP contribution in [0.1, 0.15) is 22.3 Å². The van der Waals surface area contributed by atoms with Gasteiger partial charge < -0.3 is 0 Å². The van der Waals surface area contributed by atoms with Gasteiger partial charge in [-0.1, -0.05) is 103 Å². The molecule has 1 nitrogen and oxygen atoms in total. The second-order valence-electron chi connectivity index (χ2n) is 8.43. The lowest BCUT2D eigenvalue weighted by atomic mass is 9.91. The Kier molecular flexibility index (Phi) is 3.48. The van der Waals surface area contributed by atoms with Crippen molar-refractivity contribution < 1.29 is 4.79 Å². The summed E-state index contributed by atoms with van der Waals surface area (Å²) in [5.41, 5.74) is 8.07. The maximum absolute atomic E-state index is 14.0. The third kappa shape index (κ3) is 2.20. The van der Waals surface area contributed by atoms with Crippen molar-refractivity contribution in [2.45, 2.75) is 0 Å². The van der Waals surface area contributed by atoms with Crippen molar-refractivity contribution in [3.8, 4) is 0 Å². The van der Waals surface area contributed by atoms with E-state index in [4.69, 9.17) is 0 Å². The van der Waals surface area contributed by atoms with Crippen LogP contribution in [-0.4, -0.2) is 5.78 Å². The lowest BCUT2D eigenvalue weighted by molar-refractivity contribution is -0.108. The van der Waals surface area contributed by atoms with Crippen molar-refractivity contribution in [1.29, 1.82) is 0 Å². The highest BCUT2D eigenvalue weighted by atomic mass is 16.1. The molecule has 0 aromatic heterocycles. The van der Waals surface area contributed by atoms with Crippen molar-refractivity contribution in [3.05, 3.63) is 131 Å². The molecule has 0 saturated heterocycles. The molecule has 0 amide bonds. The molecule has 0 atom stereocenters. The zero-order valence-electron chi connectivity index (χ0n) is 17.3.